The van der Waals surface area contributed by atoms with E-state index < -0.39 is 17.6 Å². The zero-order chi connectivity index (χ0) is 26.9. The van der Waals surface area contributed by atoms with Crippen molar-refractivity contribution in [3.05, 3.63) is 86.9 Å². The fourth-order valence-electron chi connectivity index (χ4n) is 4.17. The number of benzene rings is 2. The van der Waals surface area contributed by atoms with E-state index in [1.165, 1.54) is 29.9 Å². The standard InChI is InChI=1S/C26H23BrCl2N2O5S/c1-4-6-18-21(25(34)36-5-2)22(16-11-14(27)7-8-19(16)35-3)31-24(33)20(37-26(31)30-18)10-13-9-15(28)12-17(29)23(13)32/h7-12,22,32H,4-6H2,1-3H3/b20-10+/t22-/m0/s1. The summed E-state index contributed by atoms with van der Waals surface area (Å²) in [6, 6.07) is 7.49. The van der Waals surface area contributed by atoms with Crippen LogP contribution in [0.4, 0.5) is 0 Å². The molecule has 1 N–H and O–H groups in total. The molecule has 3 aromatic rings. The highest BCUT2D eigenvalue weighted by Gasteiger charge is 2.36. The minimum absolute atomic E-state index is 0.0677. The Kier molecular flexibility index (Phi) is 8.48. The van der Waals surface area contributed by atoms with Crippen molar-refractivity contribution in [3.8, 4) is 11.5 Å². The molecule has 0 radical (unpaired) electrons. The van der Waals surface area contributed by atoms with Crippen LogP contribution in [0.15, 0.2) is 55.9 Å². The summed E-state index contributed by atoms with van der Waals surface area (Å²) in [4.78, 5) is 32.3. The number of hydrogen-bond donors (Lipinski definition) is 1. The van der Waals surface area contributed by atoms with Gasteiger partial charge in [0, 0.05) is 20.6 Å². The number of aromatic nitrogens is 1. The Morgan fingerprint density at radius 1 is 1.27 bits per heavy atom. The molecule has 0 bridgehead atoms. The zero-order valence-corrected chi connectivity index (χ0v) is 24.1. The number of allylic oxidation sites excluding steroid dienone is 1. The number of hydrogen-bond acceptors (Lipinski definition) is 7. The lowest BCUT2D eigenvalue weighted by molar-refractivity contribution is -0.139. The summed E-state index contributed by atoms with van der Waals surface area (Å²) < 4.78 is 13.6. The molecule has 2 aromatic carbocycles. The van der Waals surface area contributed by atoms with Gasteiger partial charge in [-0.25, -0.2) is 9.79 Å². The lowest BCUT2D eigenvalue weighted by atomic mass is 9.93. The summed E-state index contributed by atoms with van der Waals surface area (Å²) in [7, 11) is 1.53. The minimum atomic E-state index is -0.844. The van der Waals surface area contributed by atoms with Crippen LogP contribution in [0.3, 0.4) is 0 Å². The molecule has 0 aliphatic carbocycles. The number of methoxy groups -OCH3 is 1. The second kappa shape index (κ2) is 11.4. The first-order valence-corrected chi connectivity index (χ1v) is 13.8. The molecule has 194 valence electrons. The van der Waals surface area contributed by atoms with Crippen LogP contribution in [-0.2, 0) is 9.53 Å². The smallest absolute Gasteiger partial charge is 0.338 e. The quantitative estimate of drug-likeness (QED) is 0.357. The van der Waals surface area contributed by atoms with Crippen molar-refractivity contribution in [1.82, 2.24) is 4.57 Å². The lowest BCUT2D eigenvalue weighted by Crippen LogP contribution is -2.40. The number of carbonyl (C=O) groups excluding carboxylic acids is 1. The van der Waals surface area contributed by atoms with Gasteiger partial charge in [-0.05, 0) is 49.8 Å². The Morgan fingerprint density at radius 3 is 2.70 bits per heavy atom. The van der Waals surface area contributed by atoms with Gasteiger partial charge in [-0.1, -0.05) is 63.8 Å². The second-order valence-corrected chi connectivity index (χ2v) is 10.9. The molecule has 0 amide bonds. The van der Waals surface area contributed by atoms with Crippen molar-refractivity contribution >= 4 is 62.5 Å². The van der Waals surface area contributed by atoms with Crippen molar-refractivity contribution in [2.24, 2.45) is 4.99 Å². The maximum absolute atomic E-state index is 13.9. The van der Waals surface area contributed by atoms with E-state index in [4.69, 9.17) is 37.7 Å². The number of phenolic OH excluding ortho intramolecular Hbond substituents is 1. The van der Waals surface area contributed by atoms with Gasteiger partial charge in [-0.3, -0.25) is 9.36 Å². The first-order chi connectivity index (χ1) is 17.7. The highest BCUT2D eigenvalue weighted by molar-refractivity contribution is 9.10. The van der Waals surface area contributed by atoms with Crippen LogP contribution in [0.25, 0.3) is 6.08 Å². The molecule has 0 spiro atoms. The summed E-state index contributed by atoms with van der Waals surface area (Å²) in [6.07, 6.45) is 2.75. The van der Waals surface area contributed by atoms with E-state index in [1.807, 2.05) is 19.1 Å². The van der Waals surface area contributed by atoms with Crippen LogP contribution in [-0.4, -0.2) is 29.4 Å². The number of esters is 1. The lowest BCUT2D eigenvalue weighted by Gasteiger charge is -2.27. The third-order valence-corrected chi connectivity index (χ3v) is 7.71. The topological polar surface area (TPSA) is 90.1 Å². The maximum Gasteiger partial charge on any atom is 0.338 e. The zero-order valence-electron chi connectivity index (χ0n) is 20.2. The molecule has 1 aliphatic rings. The van der Waals surface area contributed by atoms with E-state index in [1.54, 1.807) is 13.0 Å². The van der Waals surface area contributed by atoms with Gasteiger partial charge < -0.3 is 14.6 Å². The molecule has 0 unspecified atom stereocenters. The van der Waals surface area contributed by atoms with Gasteiger partial charge >= 0.3 is 5.97 Å². The monoisotopic (exact) mass is 624 g/mol. The normalized spacial score (nSPS) is 15.4. The molecule has 2 heterocycles. The molecule has 37 heavy (non-hydrogen) atoms. The Bertz CT molecular complexity index is 1600. The Hall–Kier alpha value is -2.59. The third-order valence-electron chi connectivity index (χ3n) is 5.72. The molecule has 7 nitrogen and oxygen atoms in total. The first kappa shape index (κ1) is 27.4. The molecule has 1 atom stereocenters. The van der Waals surface area contributed by atoms with E-state index in [2.05, 4.69) is 15.9 Å². The van der Waals surface area contributed by atoms with E-state index in [0.29, 0.717) is 33.3 Å². The van der Waals surface area contributed by atoms with Crippen LogP contribution in [0.1, 0.15) is 43.9 Å². The molecular weight excluding hydrogens is 603 g/mol. The second-order valence-electron chi connectivity index (χ2n) is 8.13. The number of nitrogens with zero attached hydrogens (tertiary/aromatic N) is 2. The molecule has 1 aliphatic heterocycles. The summed E-state index contributed by atoms with van der Waals surface area (Å²) in [6.45, 7) is 3.88. The molecule has 4 rings (SSSR count). The number of fused-ring (bicyclic) bond motifs is 1. The van der Waals surface area contributed by atoms with Crippen LogP contribution in [0.2, 0.25) is 10.0 Å². The molecule has 0 saturated carbocycles. The van der Waals surface area contributed by atoms with Crippen LogP contribution in [0.5, 0.6) is 11.5 Å². The van der Waals surface area contributed by atoms with E-state index in [9.17, 15) is 14.7 Å². The third kappa shape index (κ3) is 5.36. The molecule has 0 fully saturated rings. The van der Waals surface area contributed by atoms with Crippen molar-refractivity contribution < 1.29 is 19.4 Å². The molecule has 11 heteroatoms. The summed E-state index contributed by atoms with van der Waals surface area (Å²) >= 11 is 16.9. The van der Waals surface area contributed by atoms with E-state index in [0.717, 1.165) is 22.2 Å². The maximum atomic E-state index is 13.9. The van der Waals surface area contributed by atoms with Gasteiger partial charge in [0.1, 0.15) is 17.5 Å². The SMILES string of the molecule is CCCC1=C(C(=O)OCC)[C@H](c2cc(Br)ccc2OC)n2c(s/c(=C/c3cc(Cl)cc(Cl)c3O)c2=O)=N1. The Morgan fingerprint density at radius 2 is 2.03 bits per heavy atom. The average molecular weight is 626 g/mol. The number of thiazole rings is 1. The molecule has 1 aromatic heterocycles. The van der Waals surface area contributed by atoms with Crippen LogP contribution in [0, 0.1) is 0 Å². The number of phenols is 1. The van der Waals surface area contributed by atoms with E-state index >= 15 is 0 Å². The van der Waals surface area contributed by atoms with E-state index in [-0.39, 0.29) is 33.0 Å². The number of ether oxygens (including phenoxy) is 2. The predicted octanol–water partition coefficient (Wildman–Crippen LogP) is 5.36. The number of rotatable bonds is 7. The summed E-state index contributed by atoms with van der Waals surface area (Å²) in [5.74, 6) is -0.238. The van der Waals surface area contributed by atoms with Gasteiger partial charge in [0.15, 0.2) is 4.80 Å². The Labute approximate surface area is 235 Å². The molecular formula is C26H23BrCl2N2O5S. The Balaban J connectivity index is 2.08. The number of aromatic hydroxyl groups is 1. The van der Waals surface area contributed by atoms with Gasteiger partial charge in [0.25, 0.3) is 5.56 Å². The average Bonchev–Trinajstić information content (AvgIpc) is 3.16. The van der Waals surface area contributed by atoms with Gasteiger partial charge in [-0.2, -0.15) is 0 Å². The molecule has 0 saturated heterocycles. The minimum Gasteiger partial charge on any atom is -0.506 e. The predicted molar refractivity (Wildman–Crippen MR) is 148 cm³/mol. The van der Waals surface area contributed by atoms with Crippen LogP contribution < -0.4 is 19.6 Å². The van der Waals surface area contributed by atoms with Gasteiger partial charge in [0.05, 0.1) is 34.5 Å². The highest BCUT2D eigenvalue weighted by Crippen LogP contribution is 2.38. The van der Waals surface area contributed by atoms with Crippen LogP contribution >= 0.6 is 50.5 Å². The van der Waals surface area contributed by atoms with Crippen molar-refractivity contribution in [1.29, 1.82) is 0 Å². The summed E-state index contributed by atoms with van der Waals surface area (Å²) in [5.41, 5.74) is 1.33. The first-order valence-electron chi connectivity index (χ1n) is 11.4. The number of halogens is 3. The fourth-order valence-corrected chi connectivity index (χ4v) is 6.07. The number of carbonyl (C=O) groups is 1. The largest absolute Gasteiger partial charge is 0.506 e. The van der Waals surface area contributed by atoms with Gasteiger partial charge in [0.2, 0.25) is 0 Å². The van der Waals surface area contributed by atoms with Crippen molar-refractivity contribution in [2.75, 3.05) is 13.7 Å². The van der Waals surface area contributed by atoms with Crippen molar-refractivity contribution in [3.63, 3.8) is 0 Å². The highest BCUT2D eigenvalue weighted by atomic mass is 79.9. The van der Waals surface area contributed by atoms with Gasteiger partial charge in [-0.15, -0.1) is 0 Å². The fraction of sp³-hybridized carbons (Fsp3) is 0.269. The summed E-state index contributed by atoms with van der Waals surface area (Å²) in [5, 5.41) is 10.8. The van der Waals surface area contributed by atoms with Crippen molar-refractivity contribution in [2.45, 2.75) is 32.7 Å².